The molecule has 0 spiro atoms. The fourth-order valence-corrected chi connectivity index (χ4v) is 5.82. The second-order valence-corrected chi connectivity index (χ2v) is 10.2. The van der Waals surface area contributed by atoms with Crippen LogP contribution in [-0.2, 0) is 14.8 Å². The molecule has 1 fully saturated rings. The van der Waals surface area contributed by atoms with Gasteiger partial charge in [-0.3, -0.25) is 4.79 Å². The molecule has 0 saturated carbocycles. The van der Waals surface area contributed by atoms with Crippen molar-refractivity contribution in [3.63, 3.8) is 0 Å². The van der Waals surface area contributed by atoms with Gasteiger partial charge in [0.1, 0.15) is 0 Å². The highest BCUT2D eigenvalue weighted by molar-refractivity contribution is 7.89. The molecule has 1 heterocycles. The quantitative estimate of drug-likeness (QED) is 0.611. The molecular weight excluding hydrogens is 420 g/mol. The molecular formula is C26H28N2O3S. The van der Waals surface area contributed by atoms with Crippen LogP contribution in [0.4, 0.5) is 0 Å². The van der Waals surface area contributed by atoms with Crippen LogP contribution in [0.1, 0.15) is 35.6 Å². The molecule has 1 saturated heterocycles. The van der Waals surface area contributed by atoms with E-state index in [1.807, 2.05) is 61.5 Å². The first-order valence-electron chi connectivity index (χ1n) is 10.9. The number of hydrogen-bond acceptors (Lipinski definition) is 3. The summed E-state index contributed by atoms with van der Waals surface area (Å²) in [6.45, 7) is 2.66. The molecule has 1 amide bonds. The summed E-state index contributed by atoms with van der Waals surface area (Å²) in [5.74, 6) is -0.507. The summed E-state index contributed by atoms with van der Waals surface area (Å²) in [6.07, 6.45) is 1.33. The third kappa shape index (κ3) is 4.76. The molecule has 2 atom stereocenters. The maximum atomic E-state index is 13.3. The monoisotopic (exact) mass is 448 g/mol. The Bertz CT molecular complexity index is 1160. The van der Waals surface area contributed by atoms with Crippen molar-refractivity contribution < 1.29 is 13.2 Å². The molecule has 6 heteroatoms. The molecule has 32 heavy (non-hydrogen) atoms. The number of amides is 1. The highest BCUT2D eigenvalue weighted by Crippen LogP contribution is 2.28. The first-order chi connectivity index (χ1) is 15.5. The van der Waals surface area contributed by atoms with Crippen LogP contribution < -0.4 is 5.32 Å². The zero-order valence-corrected chi connectivity index (χ0v) is 19.0. The Kier molecular flexibility index (Phi) is 6.72. The van der Waals surface area contributed by atoms with Gasteiger partial charge in [-0.25, -0.2) is 8.42 Å². The van der Waals surface area contributed by atoms with Crippen molar-refractivity contribution >= 4 is 15.9 Å². The molecule has 3 aromatic rings. The number of benzene rings is 3. The van der Waals surface area contributed by atoms with E-state index in [0.717, 1.165) is 16.7 Å². The first-order valence-corrected chi connectivity index (χ1v) is 12.4. The number of carbonyl (C=O) groups excluding carboxylic acids is 1. The minimum absolute atomic E-state index is 0.116. The van der Waals surface area contributed by atoms with Crippen LogP contribution in [-0.4, -0.2) is 31.7 Å². The standard InChI is InChI=1S/C26H28N2O3S/c1-20-11-8-9-17-24(20)25(21-12-4-2-5-13-21)27-26(29)22-14-10-18-28(19-22)32(30,31)23-15-6-3-7-16-23/h2-9,11-13,15-17,22,25H,10,14,18-19H2,1H3,(H,27,29)/t22-,25+/m1/s1. The molecule has 0 bridgehead atoms. The maximum Gasteiger partial charge on any atom is 0.243 e. The van der Waals surface area contributed by atoms with Crippen molar-refractivity contribution in [2.45, 2.75) is 30.7 Å². The fraction of sp³-hybridized carbons (Fsp3) is 0.269. The third-order valence-corrected chi connectivity index (χ3v) is 7.93. The number of hydrogen-bond donors (Lipinski definition) is 1. The van der Waals surface area contributed by atoms with Gasteiger partial charge in [0.2, 0.25) is 15.9 Å². The zero-order valence-electron chi connectivity index (χ0n) is 18.1. The highest BCUT2D eigenvalue weighted by atomic mass is 32.2. The van der Waals surface area contributed by atoms with Crippen LogP contribution in [0.3, 0.4) is 0 Å². The van der Waals surface area contributed by atoms with Gasteiger partial charge in [-0.15, -0.1) is 0 Å². The van der Waals surface area contributed by atoms with Crippen LogP contribution in [0.2, 0.25) is 0 Å². The largest absolute Gasteiger partial charge is 0.345 e. The number of piperidine rings is 1. The molecule has 1 N–H and O–H groups in total. The summed E-state index contributed by atoms with van der Waals surface area (Å²) in [5.41, 5.74) is 3.13. The zero-order chi connectivity index (χ0) is 22.6. The number of nitrogens with one attached hydrogen (secondary N) is 1. The summed E-state index contributed by atoms with van der Waals surface area (Å²) in [5, 5.41) is 3.21. The number of sulfonamides is 1. The average molecular weight is 449 g/mol. The molecule has 0 radical (unpaired) electrons. The van der Waals surface area contributed by atoms with Crippen LogP contribution in [0.15, 0.2) is 89.8 Å². The molecule has 5 nitrogen and oxygen atoms in total. The average Bonchev–Trinajstić information content (AvgIpc) is 2.84. The summed E-state index contributed by atoms with van der Waals surface area (Å²) in [6, 6.07) is 26.0. The van der Waals surface area contributed by atoms with Crippen LogP contribution >= 0.6 is 0 Å². The van der Waals surface area contributed by atoms with Crippen molar-refractivity contribution in [2.24, 2.45) is 5.92 Å². The highest BCUT2D eigenvalue weighted by Gasteiger charge is 2.34. The minimum Gasteiger partial charge on any atom is -0.345 e. The molecule has 0 aliphatic carbocycles. The van der Waals surface area contributed by atoms with Gasteiger partial charge in [0, 0.05) is 13.1 Å². The van der Waals surface area contributed by atoms with Gasteiger partial charge in [0.05, 0.1) is 16.9 Å². The predicted molar refractivity (Wildman–Crippen MR) is 126 cm³/mol. The van der Waals surface area contributed by atoms with E-state index >= 15 is 0 Å². The van der Waals surface area contributed by atoms with Crippen molar-refractivity contribution in [3.8, 4) is 0 Å². The number of nitrogens with zero attached hydrogens (tertiary/aromatic N) is 1. The van der Waals surface area contributed by atoms with Gasteiger partial charge < -0.3 is 5.32 Å². The van der Waals surface area contributed by atoms with Gasteiger partial charge in [-0.05, 0) is 48.6 Å². The lowest BCUT2D eigenvalue weighted by molar-refractivity contribution is -0.126. The van der Waals surface area contributed by atoms with E-state index in [2.05, 4.69) is 5.32 Å². The normalized spacial score (nSPS) is 18.1. The summed E-state index contributed by atoms with van der Waals surface area (Å²) in [7, 11) is -3.61. The summed E-state index contributed by atoms with van der Waals surface area (Å²) >= 11 is 0. The van der Waals surface area contributed by atoms with E-state index in [9.17, 15) is 13.2 Å². The smallest absolute Gasteiger partial charge is 0.243 e. The van der Waals surface area contributed by atoms with Crippen molar-refractivity contribution in [2.75, 3.05) is 13.1 Å². The number of aryl methyl sites for hydroxylation is 1. The Morgan fingerprint density at radius 1 is 0.938 bits per heavy atom. The topological polar surface area (TPSA) is 66.5 Å². The van der Waals surface area contributed by atoms with E-state index < -0.39 is 15.9 Å². The SMILES string of the molecule is Cc1ccccc1[C@@H](NC(=O)[C@@H]1CCCN(S(=O)(=O)c2ccccc2)C1)c1ccccc1. The van der Waals surface area contributed by atoms with E-state index in [1.54, 1.807) is 30.3 Å². The molecule has 0 unspecified atom stereocenters. The second kappa shape index (κ2) is 9.67. The molecule has 4 rings (SSSR count). The number of carbonyl (C=O) groups is 1. The van der Waals surface area contributed by atoms with E-state index in [1.165, 1.54) is 4.31 Å². The predicted octanol–water partition coefficient (Wildman–Crippen LogP) is 4.30. The Hall–Kier alpha value is -2.96. The lowest BCUT2D eigenvalue weighted by Crippen LogP contribution is -2.46. The Morgan fingerprint density at radius 3 is 2.25 bits per heavy atom. The molecule has 3 aromatic carbocycles. The maximum absolute atomic E-state index is 13.3. The van der Waals surface area contributed by atoms with Gasteiger partial charge in [0.15, 0.2) is 0 Å². The third-order valence-electron chi connectivity index (χ3n) is 6.05. The van der Waals surface area contributed by atoms with Crippen molar-refractivity contribution in [1.29, 1.82) is 0 Å². The summed E-state index contributed by atoms with van der Waals surface area (Å²) in [4.78, 5) is 13.6. The van der Waals surface area contributed by atoms with Crippen molar-refractivity contribution in [1.82, 2.24) is 9.62 Å². The molecule has 1 aliphatic heterocycles. The summed E-state index contributed by atoms with van der Waals surface area (Å²) < 4.78 is 27.6. The lowest BCUT2D eigenvalue weighted by Gasteiger charge is -2.32. The van der Waals surface area contributed by atoms with Crippen LogP contribution in [0.25, 0.3) is 0 Å². The fourth-order valence-electron chi connectivity index (χ4n) is 4.27. The van der Waals surface area contributed by atoms with Crippen LogP contribution in [0.5, 0.6) is 0 Å². The molecule has 1 aliphatic rings. The van der Waals surface area contributed by atoms with Crippen LogP contribution in [0, 0.1) is 12.8 Å². The van der Waals surface area contributed by atoms with Gasteiger partial charge in [-0.2, -0.15) is 4.31 Å². The Morgan fingerprint density at radius 2 is 1.56 bits per heavy atom. The van der Waals surface area contributed by atoms with E-state index in [0.29, 0.717) is 19.4 Å². The first kappa shape index (κ1) is 22.2. The van der Waals surface area contributed by atoms with E-state index in [4.69, 9.17) is 0 Å². The second-order valence-electron chi connectivity index (χ2n) is 8.22. The Balaban J connectivity index is 1.55. The lowest BCUT2D eigenvalue weighted by atomic mass is 9.93. The van der Waals surface area contributed by atoms with Gasteiger partial charge in [0.25, 0.3) is 0 Å². The Labute approximate surface area is 190 Å². The number of rotatable bonds is 6. The minimum atomic E-state index is -3.61. The van der Waals surface area contributed by atoms with Gasteiger partial charge >= 0.3 is 0 Å². The van der Waals surface area contributed by atoms with Gasteiger partial charge in [-0.1, -0.05) is 72.8 Å². The van der Waals surface area contributed by atoms with Crippen molar-refractivity contribution in [3.05, 3.63) is 102 Å². The molecule has 166 valence electrons. The van der Waals surface area contributed by atoms with E-state index in [-0.39, 0.29) is 23.4 Å². The molecule has 0 aromatic heterocycles.